The molecule has 1 atom stereocenters. The van der Waals surface area contributed by atoms with Crippen LogP contribution in [0, 0.1) is 24.2 Å². The van der Waals surface area contributed by atoms with E-state index >= 15 is 0 Å². The summed E-state index contributed by atoms with van der Waals surface area (Å²) < 4.78 is 0. The van der Waals surface area contributed by atoms with Gasteiger partial charge in [-0.3, -0.25) is 14.6 Å². The molecule has 1 unspecified atom stereocenters. The molecule has 7 nitrogen and oxygen atoms in total. The maximum atomic E-state index is 13.3. The Morgan fingerprint density at radius 2 is 2.12 bits per heavy atom. The molecule has 0 spiro atoms. The van der Waals surface area contributed by atoms with Gasteiger partial charge in [-0.25, -0.2) is 4.98 Å². The van der Waals surface area contributed by atoms with Gasteiger partial charge < -0.3 is 10.2 Å². The van der Waals surface area contributed by atoms with E-state index in [1.165, 1.54) is 22.7 Å². The number of likely N-dealkylation sites (tertiary alicyclic amines) is 1. The SMILES string of the molecule is Cc1nc(-c2cccnc2)sc1C(=O)N1CCCC(C(=O)Nc2scc(C(C)(C)C)c2C#N)C1. The highest BCUT2D eigenvalue weighted by atomic mass is 32.1. The van der Waals surface area contributed by atoms with Crippen LogP contribution in [-0.2, 0) is 10.2 Å². The largest absolute Gasteiger partial charge is 0.337 e. The van der Waals surface area contributed by atoms with Gasteiger partial charge in [0.25, 0.3) is 5.91 Å². The van der Waals surface area contributed by atoms with Crippen LogP contribution >= 0.6 is 22.7 Å². The number of hydrogen-bond donors (Lipinski definition) is 1. The highest BCUT2D eigenvalue weighted by Gasteiger charge is 2.32. The first kappa shape index (κ1) is 24.0. The lowest BCUT2D eigenvalue weighted by atomic mass is 9.86. The fourth-order valence-corrected chi connectivity index (χ4v) is 6.22. The number of rotatable bonds is 4. The summed E-state index contributed by atoms with van der Waals surface area (Å²) in [5.41, 5.74) is 2.84. The summed E-state index contributed by atoms with van der Waals surface area (Å²) >= 11 is 2.74. The molecule has 3 aromatic rings. The van der Waals surface area contributed by atoms with Crippen molar-refractivity contribution in [2.24, 2.45) is 5.92 Å². The van der Waals surface area contributed by atoms with Crippen LogP contribution in [0.25, 0.3) is 10.6 Å². The van der Waals surface area contributed by atoms with Gasteiger partial charge in [0, 0.05) is 31.0 Å². The molecule has 9 heteroatoms. The predicted molar refractivity (Wildman–Crippen MR) is 135 cm³/mol. The Morgan fingerprint density at radius 3 is 2.79 bits per heavy atom. The summed E-state index contributed by atoms with van der Waals surface area (Å²) in [5.74, 6) is -0.560. The minimum atomic E-state index is -0.324. The van der Waals surface area contributed by atoms with Crippen LogP contribution in [-0.4, -0.2) is 39.8 Å². The first-order valence-electron chi connectivity index (χ1n) is 11.2. The van der Waals surface area contributed by atoms with Crippen molar-refractivity contribution in [2.45, 2.75) is 46.0 Å². The van der Waals surface area contributed by atoms with Crippen molar-refractivity contribution in [2.75, 3.05) is 18.4 Å². The molecular formula is C25H27N5O2S2. The average molecular weight is 494 g/mol. The number of amides is 2. The second-order valence-corrected chi connectivity index (χ2v) is 11.3. The van der Waals surface area contributed by atoms with Crippen LogP contribution < -0.4 is 5.32 Å². The summed E-state index contributed by atoms with van der Waals surface area (Å²) in [7, 11) is 0. The molecule has 0 radical (unpaired) electrons. The maximum Gasteiger partial charge on any atom is 0.265 e. The van der Waals surface area contributed by atoms with Crippen molar-refractivity contribution in [1.82, 2.24) is 14.9 Å². The molecule has 2 amide bonds. The number of nitriles is 1. The molecule has 0 bridgehead atoms. The number of nitrogens with one attached hydrogen (secondary N) is 1. The Morgan fingerprint density at radius 1 is 1.32 bits per heavy atom. The van der Waals surface area contributed by atoms with Crippen LogP contribution in [0.3, 0.4) is 0 Å². The summed E-state index contributed by atoms with van der Waals surface area (Å²) in [4.78, 5) is 37.5. The number of pyridine rings is 1. The van der Waals surface area contributed by atoms with Gasteiger partial charge in [0.2, 0.25) is 5.91 Å². The van der Waals surface area contributed by atoms with E-state index in [0.29, 0.717) is 40.6 Å². The third-order valence-electron chi connectivity index (χ3n) is 5.93. The van der Waals surface area contributed by atoms with Crippen LogP contribution in [0.2, 0.25) is 0 Å². The standard InChI is InChI=1S/C25H27N5O2S2/c1-15-20(34-22(28-15)16-7-5-9-27-12-16)24(32)30-10-6-8-17(13-30)21(31)29-23-18(11-26)19(14-33-23)25(2,3)4/h5,7,9,12,14,17H,6,8,10,13H2,1-4H3,(H,29,31). The third-order valence-corrected chi connectivity index (χ3v) is 8.02. The minimum Gasteiger partial charge on any atom is -0.337 e. The van der Waals surface area contributed by atoms with E-state index in [4.69, 9.17) is 0 Å². The highest BCUT2D eigenvalue weighted by molar-refractivity contribution is 7.17. The van der Waals surface area contributed by atoms with Gasteiger partial charge in [-0.2, -0.15) is 5.26 Å². The number of hydrogen-bond acceptors (Lipinski definition) is 7. The van der Waals surface area contributed by atoms with Crippen LogP contribution in [0.15, 0.2) is 29.9 Å². The number of thiazole rings is 1. The molecule has 4 heterocycles. The van der Waals surface area contributed by atoms with Crippen molar-refractivity contribution < 1.29 is 9.59 Å². The summed E-state index contributed by atoms with van der Waals surface area (Å²) in [6, 6.07) is 6.02. The Bertz CT molecular complexity index is 1250. The number of carbonyl (C=O) groups excluding carboxylic acids is 2. The first-order valence-corrected chi connectivity index (χ1v) is 12.9. The summed E-state index contributed by atoms with van der Waals surface area (Å²) in [6.07, 6.45) is 4.89. The van der Waals surface area contributed by atoms with Crippen molar-refractivity contribution in [3.8, 4) is 16.6 Å². The fourth-order valence-electron chi connectivity index (χ4n) is 4.05. The monoisotopic (exact) mass is 493 g/mol. The van der Waals surface area contributed by atoms with Gasteiger partial charge in [-0.1, -0.05) is 20.8 Å². The van der Waals surface area contributed by atoms with Gasteiger partial charge in [0.05, 0.1) is 17.2 Å². The molecule has 176 valence electrons. The summed E-state index contributed by atoms with van der Waals surface area (Å²) in [6.45, 7) is 8.95. The topological polar surface area (TPSA) is 99.0 Å². The van der Waals surface area contributed by atoms with E-state index in [2.05, 4.69) is 21.4 Å². The number of aromatic nitrogens is 2. The van der Waals surface area contributed by atoms with Gasteiger partial charge in [0.1, 0.15) is 21.0 Å². The Labute approximate surface area is 207 Å². The fraction of sp³-hybridized carbons (Fsp3) is 0.400. The second-order valence-electron chi connectivity index (χ2n) is 9.47. The molecule has 1 aliphatic heterocycles. The third kappa shape index (κ3) is 4.88. The molecule has 1 saturated heterocycles. The number of carbonyl (C=O) groups is 2. The molecule has 1 fully saturated rings. The molecule has 0 saturated carbocycles. The molecule has 1 aliphatic rings. The van der Waals surface area contributed by atoms with Crippen molar-refractivity contribution >= 4 is 39.5 Å². The van der Waals surface area contributed by atoms with Crippen molar-refractivity contribution in [3.05, 3.63) is 51.6 Å². The molecule has 0 aromatic carbocycles. The molecule has 0 aliphatic carbocycles. The van der Waals surface area contributed by atoms with Crippen LogP contribution in [0.4, 0.5) is 5.00 Å². The lowest BCUT2D eigenvalue weighted by Gasteiger charge is -2.31. The highest BCUT2D eigenvalue weighted by Crippen LogP contribution is 2.36. The van der Waals surface area contributed by atoms with Gasteiger partial charge >= 0.3 is 0 Å². The van der Waals surface area contributed by atoms with Crippen molar-refractivity contribution in [3.63, 3.8) is 0 Å². The van der Waals surface area contributed by atoms with Gasteiger partial charge in [-0.05, 0) is 48.3 Å². The quantitative estimate of drug-likeness (QED) is 0.536. The molecule has 1 N–H and O–H groups in total. The zero-order chi connectivity index (χ0) is 24.5. The zero-order valence-corrected chi connectivity index (χ0v) is 21.3. The molecule has 4 rings (SSSR count). The lowest BCUT2D eigenvalue weighted by Crippen LogP contribution is -2.43. The van der Waals surface area contributed by atoms with E-state index in [1.807, 2.05) is 45.2 Å². The van der Waals surface area contributed by atoms with Crippen LogP contribution in [0.1, 0.15) is 60.1 Å². The Kier molecular flexibility index (Phi) is 6.82. The number of piperidine rings is 1. The number of aryl methyl sites for hydroxylation is 1. The number of thiophene rings is 1. The average Bonchev–Trinajstić information content (AvgIpc) is 3.42. The van der Waals surface area contributed by atoms with Gasteiger partial charge in [0.15, 0.2) is 0 Å². The first-order chi connectivity index (χ1) is 16.2. The van der Waals surface area contributed by atoms with E-state index in [1.54, 1.807) is 17.3 Å². The lowest BCUT2D eigenvalue weighted by molar-refractivity contribution is -0.121. The van der Waals surface area contributed by atoms with Crippen molar-refractivity contribution in [1.29, 1.82) is 5.26 Å². The minimum absolute atomic E-state index is 0.0912. The maximum absolute atomic E-state index is 13.3. The number of anilines is 1. The molecule has 3 aromatic heterocycles. The van der Waals surface area contributed by atoms with E-state index < -0.39 is 0 Å². The molecule has 34 heavy (non-hydrogen) atoms. The zero-order valence-electron chi connectivity index (χ0n) is 19.7. The molecular weight excluding hydrogens is 466 g/mol. The smallest absolute Gasteiger partial charge is 0.265 e. The second kappa shape index (κ2) is 9.65. The number of nitrogens with zero attached hydrogens (tertiary/aromatic N) is 4. The van der Waals surface area contributed by atoms with E-state index in [0.717, 1.165) is 22.6 Å². The van der Waals surface area contributed by atoms with Gasteiger partial charge in [-0.15, -0.1) is 22.7 Å². The predicted octanol–water partition coefficient (Wildman–Crippen LogP) is 5.24. The van der Waals surface area contributed by atoms with E-state index in [-0.39, 0.29) is 23.1 Å². The Balaban J connectivity index is 1.47. The van der Waals surface area contributed by atoms with Crippen LogP contribution in [0.5, 0.6) is 0 Å². The van der Waals surface area contributed by atoms with E-state index in [9.17, 15) is 14.9 Å². The normalized spacial score (nSPS) is 16.2. The Hall–Kier alpha value is -3.09. The summed E-state index contributed by atoms with van der Waals surface area (Å²) in [5, 5.41) is 15.9.